The van der Waals surface area contributed by atoms with Gasteiger partial charge in [-0.15, -0.1) is 0 Å². The van der Waals surface area contributed by atoms with Gasteiger partial charge in [0.05, 0.1) is 19.1 Å². The van der Waals surface area contributed by atoms with Gasteiger partial charge in [-0.05, 0) is 12.1 Å². The number of ether oxygens (including phenoxy) is 1. The molecule has 0 bridgehead atoms. The van der Waals surface area contributed by atoms with Crippen molar-refractivity contribution in [2.24, 2.45) is 0 Å². The predicted octanol–water partition coefficient (Wildman–Crippen LogP) is 1.49. The van der Waals surface area contributed by atoms with Gasteiger partial charge in [0.15, 0.2) is 6.29 Å². The molecule has 0 atom stereocenters. The largest absolute Gasteiger partial charge is 0.469 e. The fraction of sp³-hybridized carbons (Fsp3) is 0.200. The smallest absolute Gasteiger partial charge is 0.310 e. The third-order valence-electron chi connectivity index (χ3n) is 1.91. The van der Waals surface area contributed by atoms with Gasteiger partial charge in [-0.3, -0.25) is 9.59 Å². The van der Waals surface area contributed by atoms with Crippen molar-refractivity contribution in [3.63, 3.8) is 0 Å². The van der Waals surface area contributed by atoms with Crippen LogP contribution in [0.25, 0.3) is 0 Å². The average Bonchev–Trinajstić information content (AvgIpc) is 2.23. The lowest BCUT2D eigenvalue weighted by molar-refractivity contribution is -0.139. The van der Waals surface area contributed by atoms with E-state index in [1.807, 2.05) is 0 Å². The van der Waals surface area contributed by atoms with Gasteiger partial charge >= 0.3 is 5.97 Å². The van der Waals surface area contributed by atoms with Crippen LogP contribution in [0.4, 0.5) is 8.78 Å². The third-order valence-corrected chi connectivity index (χ3v) is 1.91. The number of hydrogen-bond acceptors (Lipinski definition) is 3. The molecule has 5 heteroatoms. The highest BCUT2D eigenvalue weighted by atomic mass is 19.1. The van der Waals surface area contributed by atoms with Crippen molar-refractivity contribution in [1.82, 2.24) is 0 Å². The van der Waals surface area contributed by atoms with Gasteiger partial charge in [-0.2, -0.15) is 0 Å². The van der Waals surface area contributed by atoms with Crippen LogP contribution in [0, 0.1) is 11.6 Å². The van der Waals surface area contributed by atoms with E-state index >= 15 is 0 Å². The van der Waals surface area contributed by atoms with Crippen molar-refractivity contribution < 1.29 is 23.1 Å². The fourth-order valence-electron chi connectivity index (χ4n) is 1.13. The Balaban J connectivity index is 3.19. The molecule has 1 aromatic rings. The summed E-state index contributed by atoms with van der Waals surface area (Å²) in [6, 6.07) is 1.69. The molecular formula is C10H8F2O3. The highest BCUT2D eigenvalue weighted by Gasteiger charge is 2.16. The highest BCUT2D eigenvalue weighted by Crippen LogP contribution is 2.16. The van der Waals surface area contributed by atoms with Crippen molar-refractivity contribution in [2.45, 2.75) is 6.42 Å². The number of benzene rings is 1. The molecule has 0 unspecified atom stereocenters. The third kappa shape index (κ3) is 2.37. The minimum Gasteiger partial charge on any atom is -0.469 e. The number of aldehydes is 1. The maximum Gasteiger partial charge on any atom is 0.310 e. The number of methoxy groups -OCH3 is 1. The summed E-state index contributed by atoms with van der Waals surface area (Å²) in [5.41, 5.74) is -0.725. The Labute approximate surface area is 84.7 Å². The fourth-order valence-corrected chi connectivity index (χ4v) is 1.13. The normalized spacial score (nSPS) is 9.80. The molecule has 0 amide bonds. The molecule has 1 rings (SSSR count). The topological polar surface area (TPSA) is 43.4 Å². The van der Waals surface area contributed by atoms with Crippen molar-refractivity contribution in [3.8, 4) is 0 Å². The van der Waals surface area contributed by atoms with E-state index in [4.69, 9.17) is 0 Å². The summed E-state index contributed by atoms with van der Waals surface area (Å²) in [4.78, 5) is 21.4. The van der Waals surface area contributed by atoms with Gasteiger partial charge in [-0.1, -0.05) is 0 Å². The number of rotatable bonds is 3. The van der Waals surface area contributed by atoms with E-state index in [9.17, 15) is 18.4 Å². The molecule has 0 fully saturated rings. The van der Waals surface area contributed by atoms with Crippen LogP contribution in [0.5, 0.6) is 0 Å². The summed E-state index contributed by atoms with van der Waals surface area (Å²) < 4.78 is 30.5. The first-order chi connectivity index (χ1) is 7.10. The van der Waals surface area contributed by atoms with Crippen LogP contribution >= 0.6 is 0 Å². The van der Waals surface area contributed by atoms with Gasteiger partial charge in [0.2, 0.25) is 0 Å². The minimum absolute atomic E-state index is 0.177. The Kier molecular flexibility index (Phi) is 3.49. The van der Waals surface area contributed by atoms with E-state index in [0.717, 1.165) is 19.2 Å². The molecule has 0 saturated carbocycles. The Morgan fingerprint density at radius 2 is 2.00 bits per heavy atom. The molecular weight excluding hydrogens is 206 g/mol. The van der Waals surface area contributed by atoms with E-state index in [1.165, 1.54) is 0 Å². The van der Waals surface area contributed by atoms with Gasteiger partial charge in [0.25, 0.3) is 0 Å². The Hall–Kier alpha value is -1.78. The summed E-state index contributed by atoms with van der Waals surface area (Å²) in [5, 5.41) is 0. The second kappa shape index (κ2) is 4.63. The molecule has 80 valence electrons. The Morgan fingerprint density at radius 1 is 1.40 bits per heavy atom. The van der Waals surface area contributed by atoms with E-state index in [1.54, 1.807) is 0 Å². The van der Waals surface area contributed by atoms with Crippen LogP contribution < -0.4 is 0 Å². The number of halogens is 2. The molecule has 3 nitrogen and oxygen atoms in total. The average molecular weight is 214 g/mol. The quantitative estimate of drug-likeness (QED) is 0.565. The lowest BCUT2D eigenvalue weighted by Gasteiger charge is -2.05. The summed E-state index contributed by atoms with van der Waals surface area (Å²) in [6.07, 6.45) is -0.287. The Morgan fingerprint density at radius 3 is 2.53 bits per heavy atom. The zero-order valence-electron chi connectivity index (χ0n) is 7.92. The first kappa shape index (κ1) is 11.3. The van der Waals surface area contributed by atoms with Gasteiger partial charge in [0.1, 0.15) is 11.6 Å². The minimum atomic E-state index is -0.856. The van der Waals surface area contributed by atoms with Crippen molar-refractivity contribution in [2.75, 3.05) is 7.11 Å². The zero-order chi connectivity index (χ0) is 11.4. The first-order valence-corrected chi connectivity index (χ1v) is 4.09. The van der Waals surface area contributed by atoms with Gasteiger partial charge < -0.3 is 4.74 Å². The van der Waals surface area contributed by atoms with Crippen LogP contribution in [0.15, 0.2) is 12.1 Å². The number of esters is 1. The number of hydrogen-bond donors (Lipinski definition) is 0. The van der Waals surface area contributed by atoms with Crippen molar-refractivity contribution >= 4 is 12.3 Å². The molecule has 0 aliphatic heterocycles. The first-order valence-electron chi connectivity index (χ1n) is 4.09. The molecule has 0 saturated heterocycles. The second-order valence-electron chi connectivity index (χ2n) is 2.79. The van der Waals surface area contributed by atoms with Crippen LogP contribution in [-0.4, -0.2) is 19.4 Å². The SMILES string of the molecule is COC(=O)Cc1c(F)ccc(F)c1C=O. The molecule has 1 aromatic carbocycles. The lowest BCUT2D eigenvalue weighted by atomic mass is 10.0. The predicted molar refractivity (Wildman–Crippen MR) is 47.5 cm³/mol. The van der Waals surface area contributed by atoms with Crippen molar-refractivity contribution in [3.05, 3.63) is 34.9 Å². The van der Waals surface area contributed by atoms with Crippen LogP contribution in [0.3, 0.4) is 0 Å². The monoisotopic (exact) mass is 214 g/mol. The summed E-state index contributed by atoms with van der Waals surface area (Å²) in [6.45, 7) is 0. The molecule has 0 spiro atoms. The molecule has 0 aliphatic carbocycles. The maximum atomic E-state index is 13.2. The van der Waals surface area contributed by atoms with E-state index in [0.29, 0.717) is 0 Å². The standard InChI is InChI=1S/C10H8F2O3/c1-15-10(14)4-6-7(5-13)9(12)3-2-8(6)11/h2-3,5H,4H2,1H3. The number of carbonyl (C=O) groups excluding carboxylic acids is 2. The molecule has 0 radical (unpaired) electrons. The van der Waals surface area contributed by atoms with E-state index in [2.05, 4.69) is 4.74 Å². The second-order valence-corrected chi connectivity index (χ2v) is 2.79. The van der Waals surface area contributed by atoms with Crippen LogP contribution in [0.1, 0.15) is 15.9 Å². The van der Waals surface area contributed by atoms with E-state index in [-0.39, 0.29) is 11.8 Å². The summed E-state index contributed by atoms with van der Waals surface area (Å²) in [5.74, 6) is -2.39. The molecule has 0 aromatic heterocycles. The molecule has 0 N–H and O–H groups in total. The molecule has 0 aliphatic rings. The van der Waals surface area contributed by atoms with Gasteiger partial charge in [-0.25, -0.2) is 8.78 Å². The summed E-state index contributed by atoms with van der Waals surface area (Å²) in [7, 11) is 1.13. The zero-order valence-corrected chi connectivity index (χ0v) is 7.92. The maximum absolute atomic E-state index is 13.2. The van der Waals surface area contributed by atoms with Crippen LogP contribution in [-0.2, 0) is 16.0 Å². The molecule has 0 heterocycles. The van der Waals surface area contributed by atoms with Crippen molar-refractivity contribution in [1.29, 1.82) is 0 Å². The van der Waals surface area contributed by atoms with Crippen LogP contribution in [0.2, 0.25) is 0 Å². The summed E-state index contributed by atoms with van der Waals surface area (Å²) >= 11 is 0. The molecule has 15 heavy (non-hydrogen) atoms. The van der Waals surface area contributed by atoms with E-state index < -0.39 is 29.6 Å². The lowest BCUT2D eigenvalue weighted by Crippen LogP contribution is -2.10. The Bertz CT molecular complexity index is 402. The van der Waals surface area contributed by atoms with Gasteiger partial charge in [0, 0.05) is 5.56 Å². The highest BCUT2D eigenvalue weighted by molar-refractivity contribution is 5.82. The number of carbonyl (C=O) groups is 2.